The lowest BCUT2D eigenvalue weighted by Gasteiger charge is -2.22. The number of hydrogen-bond donors (Lipinski definition) is 0. The monoisotopic (exact) mass is 313 g/mol. The Morgan fingerprint density at radius 1 is 1.27 bits per heavy atom. The number of aromatic nitrogens is 2. The molecule has 0 spiro atoms. The van der Waals surface area contributed by atoms with Crippen molar-refractivity contribution in [1.82, 2.24) is 9.13 Å². The molecular weight excluding hydrogens is 290 g/mol. The minimum Gasteiger partial charge on any atom is -0.382 e. The molecule has 0 aromatic carbocycles. The topological polar surface area (TPSA) is 76.2 Å². The molecular formula is C14H23N3O5. The second-order valence-corrected chi connectivity index (χ2v) is 5.07. The molecule has 124 valence electrons. The molecule has 0 N–H and O–H groups in total. The number of methoxy groups -OCH3 is 3. The van der Waals surface area contributed by atoms with Gasteiger partial charge in [-0.05, 0) is 6.07 Å². The molecule has 0 amide bonds. The van der Waals surface area contributed by atoms with Crippen LogP contribution in [0.5, 0.6) is 0 Å². The quantitative estimate of drug-likeness (QED) is 0.718. The zero-order valence-corrected chi connectivity index (χ0v) is 13.6. The number of hydrogen-bond acceptors (Lipinski definition) is 6. The Balaban J connectivity index is 2.43. The summed E-state index contributed by atoms with van der Waals surface area (Å²) < 4.78 is 25.0. The Bertz CT molecular complexity index is 624. The maximum Gasteiger partial charge on any atom is 0.331 e. The van der Waals surface area contributed by atoms with Crippen LogP contribution in [0.4, 0.5) is 0 Å². The number of nitrogens with zero attached hydrogens (tertiary/aromatic N) is 3. The van der Waals surface area contributed by atoms with Crippen LogP contribution in [0, 0.1) is 0 Å². The van der Waals surface area contributed by atoms with Gasteiger partial charge in [-0.2, -0.15) is 0 Å². The van der Waals surface area contributed by atoms with Gasteiger partial charge in [-0.1, -0.05) is 0 Å². The molecule has 0 aliphatic carbocycles. The lowest BCUT2D eigenvalue weighted by atomic mass is 10.1. The third-order valence-electron chi connectivity index (χ3n) is 3.90. The van der Waals surface area contributed by atoms with E-state index in [1.807, 2.05) is 0 Å². The fourth-order valence-electron chi connectivity index (χ4n) is 2.78. The molecule has 2 rings (SSSR count). The van der Waals surface area contributed by atoms with Crippen molar-refractivity contribution >= 4 is 0 Å². The van der Waals surface area contributed by atoms with E-state index in [0.29, 0.717) is 12.1 Å². The molecule has 8 heteroatoms. The van der Waals surface area contributed by atoms with Gasteiger partial charge in [0, 0.05) is 41.6 Å². The molecule has 4 atom stereocenters. The first-order valence-corrected chi connectivity index (χ1v) is 7.00. The van der Waals surface area contributed by atoms with Crippen LogP contribution < -0.4 is 11.2 Å². The first-order chi connectivity index (χ1) is 10.6. The zero-order chi connectivity index (χ0) is 16.3. The molecule has 1 aliphatic heterocycles. The standard InChI is InChI=1S/C14H23N3O5/c1-15-10-6-7-17(14(18)16(10)2)13-12(21-5)11(20-4)9(22-13)8-19-3/h6-7,9,11-13H,8H2,1-5H3/t9-,11-,12-,13-/m1/s1. The Morgan fingerprint density at radius 3 is 2.50 bits per heavy atom. The zero-order valence-electron chi connectivity index (χ0n) is 13.6. The molecule has 0 unspecified atom stereocenters. The predicted molar refractivity (Wildman–Crippen MR) is 78.5 cm³/mol. The summed E-state index contributed by atoms with van der Waals surface area (Å²) in [5.74, 6) is 0. The Hall–Kier alpha value is -1.48. The predicted octanol–water partition coefficient (Wildman–Crippen LogP) is -0.709. The molecule has 0 saturated carbocycles. The van der Waals surface area contributed by atoms with Gasteiger partial charge in [-0.15, -0.1) is 0 Å². The fraction of sp³-hybridized carbons (Fsp3) is 0.714. The van der Waals surface area contributed by atoms with E-state index in [1.54, 1.807) is 47.7 Å². The van der Waals surface area contributed by atoms with Gasteiger partial charge in [-0.3, -0.25) is 14.1 Å². The Morgan fingerprint density at radius 2 is 1.95 bits per heavy atom. The largest absolute Gasteiger partial charge is 0.382 e. The molecule has 0 bridgehead atoms. The van der Waals surface area contributed by atoms with E-state index in [9.17, 15) is 4.79 Å². The van der Waals surface area contributed by atoms with Crippen LogP contribution in [0.25, 0.3) is 0 Å². The highest BCUT2D eigenvalue weighted by atomic mass is 16.6. The summed E-state index contributed by atoms with van der Waals surface area (Å²) in [6.45, 7) is 0.359. The summed E-state index contributed by atoms with van der Waals surface area (Å²) in [6, 6.07) is 1.75. The molecule has 1 saturated heterocycles. The Kier molecular flexibility index (Phi) is 5.52. The van der Waals surface area contributed by atoms with E-state index in [4.69, 9.17) is 18.9 Å². The third kappa shape index (κ3) is 2.87. The normalized spacial score (nSPS) is 29.2. The minimum atomic E-state index is -0.584. The van der Waals surface area contributed by atoms with E-state index in [1.165, 1.54) is 9.13 Å². The summed E-state index contributed by atoms with van der Waals surface area (Å²) in [6.07, 6.45) is 0.0378. The molecule has 1 aliphatic rings. The van der Waals surface area contributed by atoms with Crippen LogP contribution in [0.1, 0.15) is 6.23 Å². The van der Waals surface area contributed by atoms with E-state index in [2.05, 4.69) is 4.99 Å². The smallest absolute Gasteiger partial charge is 0.331 e. The van der Waals surface area contributed by atoms with Crippen LogP contribution in [-0.2, 0) is 26.0 Å². The second kappa shape index (κ2) is 7.19. The van der Waals surface area contributed by atoms with Gasteiger partial charge in [0.2, 0.25) is 0 Å². The maximum atomic E-state index is 12.5. The summed E-state index contributed by atoms with van der Waals surface area (Å²) >= 11 is 0. The van der Waals surface area contributed by atoms with E-state index < -0.39 is 12.3 Å². The van der Waals surface area contributed by atoms with E-state index in [-0.39, 0.29) is 17.9 Å². The summed E-state index contributed by atoms with van der Waals surface area (Å²) in [5.41, 5.74) is 0.355. The lowest BCUT2D eigenvalue weighted by molar-refractivity contribution is -0.0677. The van der Waals surface area contributed by atoms with Crippen molar-refractivity contribution in [1.29, 1.82) is 0 Å². The number of rotatable bonds is 5. The van der Waals surface area contributed by atoms with Crippen LogP contribution in [0.15, 0.2) is 22.1 Å². The summed E-state index contributed by atoms with van der Waals surface area (Å²) in [4.78, 5) is 16.6. The van der Waals surface area contributed by atoms with Gasteiger partial charge < -0.3 is 18.9 Å². The molecule has 1 aromatic rings. The minimum absolute atomic E-state index is 0.233. The molecule has 8 nitrogen and oxygen atoms in total. The van der Waals surface area contributed by atoms with Gasteiger partial charge in [0.1, 0.15) is 23.8 Å². The highest BCUT2D eigenvalue weighted by Gasteiger charge is 2.46. The fourth-order valence-corrected chi connectivity index (χ4v) is 2.78. The van der Waals surface area contributed by atoms with Crippen LogP contribution >= 0.6 is 0 Å². The second-order valence-electron chi connectivity index (χ2n) is 5.07. The van der Waals surface area contributed by atoms with Crippen molar-refractivity contribution in [2.75, 3.05) is 35.0 Å². The molecule has 2 heterocycles. The van der Waals surface area contributed by atoms with Crippen LogP contribution in [0.2, 0.25) is 0 Å². The first kappa shape index (κ1) is 16.9. The summed E-state index contributed by atoms with van der Waals surface area (Å²) in [5, 5.41) is 0. The van der Waals surface area contributed by atoms with E-state index >= 15 is 0 Å². The van der Waals surface area contributed by atoms with Gasteiger partial charge in [0.15, 0.2) is 6.23 Å². The van der Waals surface area contributed by atoms with Crippen molar-refractivity contribution in [2.24, 2.45) is 12.0 Å². The van der Waals surface area contributed by atoms with Gasteiger partial charge in [-0.25, -0.2) is 4.79 Å². The maximum absolute atomic E-state index is 12.5. The highest BCUT2D eigenvalue weighted by Crippen LogP contribution is 2.32. The van der Waals surface area contributed by atoms with Crippen molar-refractivity contribution in [3.8, 4) is 0 Å². The van der Waals surface area contributed by atoms with Gasteiger partial charge in [0.05, 0.1) is 6.61 Å². The molecule has 0 radical (unpaired) electrons. The van der Waals surface area contributed by atoms with Crippen LogP contribution in [0.3, 0.4) is 0 Å². The Labute approximate surface area is 128 Å². The first-order valence-electron chi connectivity index (χ1n) is 7.00. The molecule has 1 aromatic heterocycles. The SMILES string of the molecule is CN=c1ccn([C@@H]2O[C@H](COC)[C@@H](OC)[C@H]2OC)c(=O)n1C. The summed E-state index contributed by atoms with van der Waals surface area (Å²) in [7, 11) is 8.06. The highest BCUT2D eigenvalue weighted by molar-refractivity contribution is 4.95. The van der Waals surface area contributed by atoms with E-state index in [0.717, 1.165) is 0 Å². The van der Waals surface area contributed by atoms with Gasteiger partial charge in [0.25, 0.3) is 0 Å². The van der Waals surface area contributed by atoms with Crippen LogP contribution in [-0.4, -0.2) is 62.4 Å². The average molecular weight is 313 g/mol. The average Bonchev–Trinajstić information content (AvgIpc) is 2.87. The van der Waals surface area contributed by atoms with Crippen molar-refractivity contribution in [3.63, 3.8) is 0 Å². The molecule has 1 fully saturated rings. The molecule has 22 heavy (non-hydrogen) atoms. The van der Waals surface area contributed by atoms with Crippen molar-refractivity contribution in [2.45, 2.75) is 24.5 Å². The van der Waals surface area contributed by atoms with Crippen molar-refractivity contribution in [3.05, 3.63) is 28.2 Å². The third-order valence-corrected chi connectivity index (χ3v) is 3.90. The number of ether oxygens (including phenoxy) is 4. The van der Waals surface area contributed by atoms with Gasteiger partial charge >= 0.3 is 5.69 Å². The lowest BCUT2D eigenvalue weighted by Crippen LogP contribution is -2.43. The van der Waals surface area contributed by atoms with Crippen molar-refractivity contribution < 1.29 is 18.9 Å².